The van der Waals surface area contributed by atoms with Crippen LogP contribution in [0.1, 0.15) is 12.1 Å². The number of aryl methyl sites for hydroxylation is 1. The minimum atomic E-state index is -2.46. The van der Waals surface area contributed by atoms with Crippen LogP contribution in [0.5, 0.6) is 5.75 Å². The summed E-state index contributed by atoms with van der Waals surface area (Å²) >= 11 is -2.01. The lowest BCUT2D eigenvalue weighted by Crippen LogP contribution is -2.23. The lowest BCUT2D eigenvalue weighted by atomic mass is 10.1. The van der Waals surface area contributed by atoms with Crippen molar-refractivity contribution < 1.29 is 27.3 Å². The van der Waals surface area contributed by atoms with E-state index in [4.69, 9.17) is 0 Å². The number of benzene rings is 1. The summed E-state index contributed by atoms with van der Waals surface area (Å²) < 4.78 is 54.2. The largest absolute Gasteiger partial charge is 0.506 e. The Morgan fingerprint density at radius 2 is 2.16 bits per heavy atom. The van der Waals surface area contributed by atoms with E-state index >= 15 is 0 Å². The second-order valence-corrected chi connectivity index (χ2v) is 6.46. The van der Waals surface area contributed by atoms with Crippen molar-refractivity contribution in [2.45, 2.75) is 19.3 Å². The molecule has 134 valence electrons. The van der Waals surface area contributed by atoms with Crippen molar-refractivity contribution in [2.24, 2.45) is 0 Å². The molecule has 1 saturated heterocycles. The molecule has 3 N–H and O–H groups in total. The first-order valence-corrected chi connectivity index (χ1v) is 8.30. The fraction of sp³-hybridized carbons (Fsp3) is 0.286. The maximum absolute atomic E-state index is 14.8. The van der Waals surface area contributed by atoms with Gasteiger partial charge in [-0.15, -0.1) is 0 Å². The van der Waals surface area contributed by atoms with Crippen LogP contribution in [0.4, 0.5) is 18.9 Å². The van der Waals surface area contributed by atoms with Crippen LogP contribution in [0.3, 0.4) is 0 Å². The van der Waals surface area contributed by atoms with Gasteiger partial charge in [-0.2, -0.15) is 5.10 Å². The van der Waals surface area contributed by atoms with Crippen molar-refractivity contribution in [1.29, 1.82) is 0 Å². The summed E-state index contributed by atoms with van der Waals surface area (Å²) in [6.45, 7) is -0.374. The molecule has 1 unspecified atom stereocenters. The molecule has 25 heavy (non-hydrogen) atoms. The number of anilines is 1. The van der Waals surface area contributed by atoms with E-state index in [1.807, 2.05) is 0 Å². The van der Waals surface area contributed by atoms with Gasteiger partial charge in [-0.3, -0.25) is 18.9 Å². The van der Waals surface area contributed by atoms with Crippen molar-refractivity contribution >= 4 is 22.8 Å². The number of carbonyl (C=O) groups is 1. The van der Waals surface area contributed by atoms with Crippen LogP contribution >= 0.6 is 0 Å². The van der Waals surface area contributed by atoms with Gasteiger partial charge in [0.15, 0.2) is 5.82 Å². The van der Waals surface area contributed by atoms with Gasteiger partial charge in [0, 0.05) is 17.7 Å². The summed E-state index contributed by atoms with van der Waals surface area (Å²) in [7, 11) is 0. The number of phenolic OH excluding ortho intramolecular Hbond substituents is 1. The molecule has 3 rings (SSSR count). The highest BCUT2D eigenvalue weighted by atomic mass is 32.2. The summed E-state index contributed by atoms with van der Waals surface area (Å²) in [5.74, 6) is -1.98. The maximum Gasteiger partial charge on any atom is 0.253 e. The Morgan fingerprint density at radius 3 is 2.80 bits per heavy atom. The van der Waals surface area contributed by atoms with Crippen molar-refractivity contribution in [2.75, 3.05) is 10.8 Å². The van der Waals surface area contributed by atoms with Gasteiger partial charge in [0.2, 0.25) is 17.6 Å². The smallest absolute Gasteiger partial charge is 0.253 e. The minimum Gasteiger partial charge on any atom is -0.506 e. The Bertz CT molecular complexity index is 843. The molecule has 11 heteroatoms. The van der Waals surface area contributed by atoms with E-state index in [1.54, 1.807) is 0 Å². The van der Waals surface area contributed by atoms with E-state index < -0.39 is 40.8 Å². The van der Waals surface area contributed by atoms with Crippen LogP contribution < -0.4 is 9.03 Å². The first-order chi connectivity index (χ1) is 11.9. The number of H-pyrrole nitrogens is 1. The Labute approximate surface area is 142 Å². The molecule has 1 amide bonds. The van der Waals surface area contributed by atoms with Gasteiger partial charge in [-0.05, 0) is 24.6 Å². The number of aromatic nitrogens is 2. The number of aromatic amines is 1. The van der Waals surface area contributed by atoms with Crippen LogP contribution in [0, 0.1) is 5.82 Å². The van der Waals surface area contributed by atoms with E-state index in [2.05, 4.69) is 14.9 Å². The summed E-state index contributed by atoms with van der Waals surface area (Å²) in [5.41, 5.74) is 0.133. The molecule has 0 bridgehead atoms. The Kier molecular flexibility index (Phi) is 4.66. The highest BCUT2D eigenvalue weighted by Gasteiger charge is 2.32. The number of carbonyl (C=O) groups excluding carboxylic acids is 1. The number of nitrogens with zero attached hydrogens (tertiary/aromatic N) is 2. The summed E-state index contributed by atoms with van der Waals surface area (Å²) in [6.07, 6.45) is -2.77. The first-order valence-electron chi connectivity index (χ1n) is 7.20. The molecular formula is C14H13F3N4O3S. The van der Waals surface area contributed by atoms with Gasteiger partial charge in [0.1, 0.15) is 18.0 Å². The van der Waals surface area contributed by atoms with Crippen LogP contribution in [-0.4, -0.2) is 38.4 Å². The third-order valence-electron chi connectivity index (χ3n) is 3.57. The van der Waals surface area contributed by atoms with Crippen molar-refractivity contribution in [3.63, 3.8) is 0 Å². The number of aromatic hydroxyl groups is 1. The van der Waals surface area contributed by atoms with Gasteiger partial charge >= 0.3 is 0 Å². The van der Waals surface area contributed by atoms with Crippen molar-refractivity contribution in [3.05, 3.63) is 29.7 Å². The molecular weight excluding hydrogens is 361 g/mol. The summed E-state index contributed by atoms with van der Waals surface area (Å²) in [5, 5.41) is 16.4. The molecule has 1 aliphatic heterocycles. The lowest BCUT2D eigenvalue weighted by Gasteiger charge is -2.17. The average Bonchev–Trinajstić information content (AvgIpc) is 3.12. The number of hydrogen-bond donors (Lipinski definition) is 3. The van der Waals surface area contributed by atoms with E-state index in [0.717, 1.165) is 4.31 Å². The predicted molar refractivity (Wildman–Crippen MR) is 83.6 cm³/mol. The fourth-order valence-corrected chi connectivity index (χ4v) is 3.36. The summed E-state index contributed by atoms with van der Waals surface area (Å²) in [4.78, 5) is 11.3. The predicted octanol–water partition coefficient (Wildman–Crippen LogP) is 1.63. The van der Waals surface area contributed by atoms with Gasteiger partial charge in [0.25, 0.3) is 5.91 Å². The van der Waals surface area contributed by atoms with Crippen molar-refractivity contribution in [1.82, 2.24) is 14.9 Å². The van der Waals surface area contributed by atoms with E-state index in [1.165, 1.54) is 18.2 Å². The molecule has 2 aromatic rings. The Morgan fingerprint density at radius 1 is 1.40 bits per heavy atom. The van der Waals surface area contributed by atoms with E-state index in [9.17, 15) is 27.3 Å². The van der Waals surface area contributed by atoms with Gasteiger partial charge in [0.05, 0.1) is 5.69 Å². The zero-order chi connectivity index (χ0) is 18.1. The number of rotatable bonds is 5. The quantitative estimate of drug-likeness (QED) is 0.741. The van der Waals surface area contributed by atoms with Crippen molar-refractivity contribution in [3.8, 4) is 17.0 Å². The monoisotopic (exact) mass is 374 g/mol. The van der Waals surface area contributed by atoms with Crippen LogP contribution in [0.2, 0.25) is 0 Å². The molecule has 1 aromatic heterocycles. The number of amides is 1. The fourth-order valence-electron chi connectivity index (χ4n) is 2.42. The highest BCUT2D eigenvalue weighted by molar-refractivity contribution is 7.85. The molecule has 0 spiro atoms. The second kappa shape index (κ2) is 6.75. The molecule has 0 radical (unpaired) electrons. The zero-order valence-corrected chi connectivity index (χ0v) is 13.4. The van der Waals surface area contributed by atoms with Crippen LogP contribution in [0.25, 0.3) is 11.3 Å². The molecule has 2 heterocycles. The zero-order valence-electron chi connectivity index (χ0n) is 12.6. The molecule has 7 nitrogen and oxygen atoms in total. The minimum absolute atomic E-state index is 0.0244. The molecule has 0 aliphatic carbocycles. The Balaban J connectivity index is 1.95. The number of hydrogen-bond acceptors (Lipinski definition) is 4. The number of phenols is 1. The summed E-state index contributed by atoms with van der Waals surface area (Å²) in [6, 6.07) is 3.86. The van der Waals surface area contributed by atoms with Gasteiger partial charge in [-0.1, -0.05) is 0 Å². The van der Waals surface area contributed by atoms with Crippen LogP contribution in [-0.2, 0) is 22.4 Å². The molecule has 1 aliphatic rings. The van der Waals surface area contributed by atoms with Gasteiger partial charge in [-0.25, -0.2) is 17.4 Å². The normalized spacial score (nSPS) is 17.4. The lowest BCUT2D eigenvalue weighted by molar-refractivity contribution is -0.117. The number of alkyl halides is 2. The van der Waals surface area contributed by atoms with Crippen LogP contribution in [0.15, 0.2) is 18.2 Å². The number of nitrogens with one attached hydrogen (secondary N) is 2. The number of halogens is 3. The molecule has 0 saturated carbocycles. The van der Waals surface area contributed by atoms with E-state index in [0.29, 0.717) is 5.69 Å². The molecule has 1 atom stereocenters. The SMILES string of the molecule is O=C1CN(c2c(O)ccc(-c3cc(CCC(F)F)[nH]n3)c2F)S(=O)N1. The molecule has 1 fully saturated rings. The van der Waals surface area contributed by atoms with Gasteiger partial charge < -0.3 is 5.11 Å². The van der Waals surface area contributed by atoms with E-state index in [-0.39, 0.29) is 30.6 Å². The molecule has 1 aromatic carbocycles. The first kappa shape index (κ1) is 17.3. The average molecular weight is 374 g/mol. The third-order valence-corrected chi connectivity index (χ3v) is 4.69. The topological polar surface area (TPSA) is 98.3 Å². The standard InChI is InChI=1S/C14H13F3N4O3S/c15-11(16)4-1-7-5-9(19-18-7)8-2-3-10(22)14(13(8)17)21-6-12(23)20-25(21)24/h2-3,5,11,22H,1,4,6H2,(H,18,19)(H,20,23). The second-order valence-electron chi connectivity index (χ2n) is 5.31. The highest BCUT2D eigenvalue weighted by Crippen LogP contribution is 2.37. The Hall–Kier alpha value is -2.56. The third kappa shape index (κ3) is 3.45. The maximum atomic E-state index is 14.8.